The smallest absolute Gasteiger partial charge is 0.300 e. The highest BCUT2D eigenvalue weighted by Gasteiger charge is 1.80. The van der Waals surface area contributed by atoms with Gasteiger partial charge in [-0.1, -0.05) is 0 Å². The number of carboxylic acid groups (broad SMARTS) is 1. The molecule has 3 N–H and O–H groups in total. The maximum atomic E-state index is 9.00. The predicted molar refractivity (Wildman–Crippen MR) is 32.0 cm³/mol. The Morgan fingerprint density at radius 3 is 2.50 bits per heavy atom. The van der Waals surface area contributed by atoms with Crippen molar-refractivity contribution >= 4 is 11.9 Å². The fraction of sp³-hybridized carbons (Fsp3) is 0.250. The van der Waals surface area contributed by atoms with Gasteiger partial charge < -0.3 is 15.4 Å². The summed E-state index contributed by atoms with van der Waals surface area (Å²) in [5.41, 5.74) is 4.99. The Morgan fingerprint density at radius 2 is 2.40 bits per heavy atom. The highest BCUT2D eigenvalue weighted by atomic mass is 16.5. The van der Waals surface area contributed by atoms with Crippen LogP contribution in [0.25, 0.3) is 0 Å². The Labute approximate surface area is 56.6 Å². The van der Waals surface area contributed by atoms with Gasteiger partial charge in [0.1, 0.15) is 6.20 Å². The van der Waals surface area contributed by atoms with Crippen molar-refractivity contribution in [1.82, 2.24) is 10.4 Å². The van der Waals surface area contributed by atoms with E-state index in [1.54, 1.807) is 0 Å². The van der Waals surface area contributed by atoms with Crippen LogP contribution in [-0.4, -0.2) is 21.4 Å². The van der Waals surface area contributed by atoms with E-state index in [0.29, 0.717) is 0 Å². The third-order valence-corrected chi connectivity index (χ3v) is 0.378. The predicted octanol–water partition coefficient (Wildman–Crippen LogP) is -0.257. The number of rotatable bonds is 0. The monoisotopic (exact) mass is 145 g/mol. The number of hydrogen-bond acceptors (Lipinski definition) is 5. The molecule has 0 unspecified atom stereocenters. The van der Waals surface area contributed by atoms with Crippen LogP contribution in [-0.2, 0) is 4.79 Å². The van der Waals surface area contributed by atoms with Gasteiger partial charge in [0.05, 0.1) is 0 Å². The molecule has 0 aliphatic rings. The van der Waals surface area contributed by atoms with Crippen molar-refractivity contribution in [3.8, 4) is 0 Å². The first-order valence-corrected chi connectivity index (χ1v) is 2.35. The lowest BCUT2D eigenvalue weighted by molar-refractivity contribution is -0.134. The molecule has 0 amide bonds. The van der Waals surface area contributed by atoms with Gasteiger partial charge in [0.2, 0.25) is 5.88 Å². The summed E-state index contributed by atoms with van der Waals surface area (Å²) >= 11 is 0. The summed E-state index contributed by atoms with van der Waals surface area (Å²) in [6, 6.07) is 0. The first-order valence-electron chi connectivity index (χ1n) is 2.35. The van der Waals surface area contributed by atoms with Gasteiger partial charge in [0.15, 0.2) is 0 Å². The van der Waals surface area contributed by atoms with Gasteiger partial charge in [-0.25, -0.2) is 0 Å². The summed E-state index contributed by atoms with van der Waals surface area (Å²) in [6.45, 7) is 1.08. The van der Waals surface area contributed by atoms with Gasteiger partial charge in [-0.3, -0.25) is 4.79 Å². The van der Waals surface area contributed by atoms with Crippen LogP contribution in [0.15, 0.2) is 10.7 Å². The number of anilines is 1. The molecule has 0 atom stereocenters. The van der Waals surface area contributed by atoms with Crippen LogP contribution >= 0.6 is 0 Å². The van der Waals surface area contributed by atoms with E-state index < -0.39 is 5.97 Å². The van der Waals surface area contributed by atoms with Crippen LogP contribution in [0.4, 0.5) is 5.88 Å². The number of hydrogen-bond donors (Lipinski definition) is 2. The number of nitrogens with zero attached hydrogens (tertiary/aromatic N) is 2. The number of nitrogens with two attached hydrogens (primary N) is 1. The molecule has 6 nitrogen and oxygen atoms in total. The van der Waals surface area contributed by atoms with E-state index in [1.165, 1.54) is 6.20 Å². The Hall–Kier alpha value is -1.59. The fourth-order valence-electron chi connectivity index (χ4n) is 0.175. The molecule has 1 aromatic heterocycles. The van der Waals surface area contributed by atoms with E-state index >= 15 is 0 Å². The van der Waals surface area contributed by atoms with Crippen LogP contribution in [0.1, 0.15) is 6.92 Å². The van der Waals surface area contributed by atoms with E-state index in [4.69, 9.17) is 15.6 Å². The molecular weight excluding hydrogens is 138 g/mol. The summed E-state index contributed by atoms with van der Waals surface area (Å²) < 4.78 is 4.25. The normalized spacial score (nSPS) is 7.70. The molecule has 0 aliphatic heterocycles. The largest absolute Gasteiger partial charge is 0.481 e. The van der Waals surface area contributed by atoms with E-state index in [1.807, 2.05) is 0 Å². The third-order valence-electron chi connectivity index (χ3n) is 0.378. The zero-order valence-corrected chi connectivity index (χ0v) is 5.31. The van der Waals surface area contributed by atoms with Gasteiger partial charge in [0, 0.05) is 12.2 Å². The van der Waals surface area contributed by atoms with Crippen LogP contribution in [0, 0.1) is 0 Å². The second kappa shape index (κ2) is 4.30. The molecule has 0 radical (unpaired) electrons. The minimum absolute atomic E-state index is 0.245. The van der Waals surface area contributed by atoms with Gasteiger partial charge in [-0.2, -0.15) is 0 Å². The average Bonchev–Trinajstić information content (AvgIpc) is 2.15. The highest BCUT2D eigenvalue weighted by molar-refractivity contribution is 5.62. The minimum atomic E-state index is -0.833. The second-order valence-corrected chi connectivity index (χ2v) is 1.34. The third kappa shape index (κ3) is 6.41. The van der Waals surface area contributed by atoms with Crippen molar-refractivity contribution in [2.45, 2.75) is 6.92 Å². The minimum Gasteiger partial charge on any atom is -0.481 e. The first-order chi connectivity index (χ1) is 4.63. The Morgan fingerprint density at radius 1 is 1.90 bits per heavy atom. The molecule has 1 heterocycles. The number of aliphatic carboxylic acids is 1. The maximum absolute atomic E-state index is 9.00. The van der Waals surface area contributed by atoms with Gasteiger partial charge in [0.25, 0.3) is 5.97 Å². The molecule has 1 rings (SSSR count). The zero-order valence-electron chi connectivity index (χ0n) is 5.31. The lowest BCUT2D eigenvalue weighted by atomic mass is 10.9. The van der Waals surface area contributed by atoms with Crippen LogP contribution in [0.2, 0.25) is 0 Å². The van der Waals surface area contributed by atoms with Crippen LogP contribution < -0.4 is 5.73 Å². The molecule has 0 fully saturated rings. The molecule has 0 saturated heterocycles. The Bertz CT molecular complexity index is 180. The molecular formula is C4H7N3O3. The number of aromatic nitrogens is 2. The molecule has 0 aliphatic carbocycles. The standard InChI is InChI=1S/C2H3N3O.C2H4O2/c3-2-1-4-5-6-2;1-2(3)4/h1H,3H2;1H3,(H,3,4). The molecule has 10 heavy (non-hydrogen) atoms. The number of carbonyl (C=O) groups is 1. The lowest BCUT2D eigenvalue weighted by Crippen LogP contribution is -1.78. The van der Waals surface area contributed by atoms with Gasteiger partial charge >= 0.3 is 0 Å². The number of nitrogen functional groups attached to an aromatic ring is 1. The van der Waals surface area contributed by atoms with E-state index in [2.05, 4.69) is 14.9 Å². The summed E-state index contributed by atoms with van der Waals surface area (Å²) in [5.74, 6) is -0.588. The summed E-state index contributed by atoms with van der Waals surface area (Å²) in [7, 11) is 0. The molecule has 0 bridgehead atoms. The van der Waals surface area contributed by atoms with Crippen molar-refractivity contribution < 1.29 is 14.4 Å². The molecule has 56 valence electrons. The molecule has 0 spiro atoms. The van der Waals surface area contributed by atoms with E-state index in [9.17, 15) is 0 Å². The summed E-state index contributed by atoms with van der Waals surface area (Å²) in [5, 5.41) is 13.8. The molecule has 6 heteroatoms. The summed E-state index contributed by atoms with van der Waals surface area (Å²) in [4.78, 5) is 9.00. The lowest BCUT2D eigenvalue weighted by Gasteiger charge is -1.64. The molecule has 0 saturated carbocycles. The van der Waals surface area contributed by atoms with Crippen LogP contribution in [0.3, 0.4) is 0 Å². The van der Waals surface area contributed by atoms with Crippen molar-refractivity contribution in [2.75, 3.05) is 5.73 Å². The van der Waals surface area contributed by atoms with Crippen molar-refractivity contribution in [2.24, 2.45) is 0 Å². The highest BCUT2D eigenvalue weighted by Crippen LogP contribution is 1.88. The molecule has 1 aromatic rings. The van der Waals surface area contributed by atoms with Crippen molar-refractivity contribution in [3.05, 3.63) is 6.20 Å². The summed E-state index contributed by atoms with van der Waals surface area (Å²) in [6.07, 6.45) is 1.33. The molecule has 0 aromatic carbocycles. The van der Waals surface area contributed by atoms with Crippen LogP contribution in [0.5, 0.6) is 0 Å². The second-order valence-electron chi connectivity index (χ2n) is 1.34. The fourth-order valence-corrected chi connectivity index (χ4v) is 0.175. The quantitative estimate of drug-likeness (QED) is 0.521. The SMILES string of the molecule is CC(=O)O.Nc1cnno1. The Balaban J connectivity index is 0.000000180. The topological polar surface area (TPSA) is 102 Å². The van der Waals surface area contributed by atoms with Crippen molar-refractivity contribution in [3.63, 3.8) is 0 Å². The van der Waals surface area contributed by atoms with Gasteiger partial charge in [-0.15, -0.1) is 5.10 Å². The Kier molecular flexibility index (Phi) is 3.62. The van der Waals surface area contributed by atoms with Gasteiger partial charge in [-0.05, 0) is 0 Å². The maximum Gasteiger partial charge on any atom is 0.300 e. The van der Waals surface area contributed by atoms with E-state index in [0.717, 1.165) is 6.92 Å². The van der Waals surface area contributed by atoms with E-state index in [-0.39, 0.29) is 5.88 Å². The average molecular weight is 145 g/mol. The first kappa shape index (κ1) is 8.41. The van der Waals surface area contributed by atoms with Crippen molar-refractivity contribution in [1.29, 1.82) is 0 Å². The number of carboxylic acids is 1. The zero-order chi connectivity index (χ0) is 7.98.